The van der Waals surface area contributed by atoms with Crippen molar-refractivity contribution < 1.29 is 0 Å². The van der Waals surface area contributed by atoms with Crippen LogP contribution in [-0.4, -0.2) is 17.8 Å². The Morgan fingerprint density at radius 2 is 2.29 bits per heavy atom. The van der Waals surface area contributed by atoms with Gasteiger partial charge in [-0.25, -0.2) is 0 Å². The maximum Gasteiger partial charge on any atom is 0.125 e. The Labute approximate surface area is 49.0 Å². The lowest BCUT2D eigenvalue weighted by Gasteiger charge is -1.90. The first kappa shape index (κ1) is 7.09. The van der Waals surface area contributed by atoms with Crippen LogP contribution >= 0.6 is 0 Å². The van der Waals surface area contributed by atoms with Crippen LogP contribution in [0.3, 0.4) is 0 Å². The van der Waals surface area contributed by atoms with Crippen molar-refractivity contribution in [1.82, 2.24) is 0 Å². The van der Waals surface area contributed by atoms with Crippen LogP contribution in [0.25, 0.3) is 0 Å². The van der Waals surface area contributed by atoms with Gasteiger partial charge in [0.2, 0.25) is 0 Å². The fourth-order valence-corrected chi connectivity index (χ4v) is 0.957. The van der Waals surface area contributed by atoms with Gasteiger partial charge in [0.1, 0.15) is 11.5 Å². The Morgan fingerprint density at radius 1 is 1.71 bits per heavy atom. The summed E-state index contributed by atoms with van der Waals surface area (Å²) >= 11 is 0. The highest BCUT2D eigenvalue weighted by Crippen LogP contribution is 1.88. The van der Waals surface area contributed by atoms with E-state index in [1.807, 2.05) is 6.08 Å². The molecule has 0 nitrogen and oxygen atoms in total. The van der Waals surface area contributed by atoms with Crippen LogP contribution in [0.2, 0.25) is 0 Å². The maximum atomic E-state index is 3.66. The molecular formula is C6H13S+. The fourth-order valence-electron chi connectivity index (χ4n) is 0.319. The number of hydrogen-bond acceptors (Lipinski definition) is 0. The molecule has 0 radical (unpaired) electrons. The molecule has 0 aliphatic heterocycles. The SMILES string of the molecule is C=CC[S+](C)CC. The summed E-state index contributed by atoms with van der Waals surface area (Å²) < 4.78 is 0. The van der Waals surface area contributed by atoms with Gasteiger partial charge in [0, 0.05) is 0 Å². The monoisotopic (exact) mass is 117 g/mol. The quantitative estimate of drug-likeness (QED) is 0.387. The molecule has 1 heteroatoms. The largest absolute Gasteiger partial charge is 0.125 e. The fraction of sp³-hybridized carbons (Fsp3) is 0.667. The Balaban J connectivity index is 2.98. The molecule has 0 aromatic heterocycles. The number of rotatable bonds is 3. The third kappa shape index (κ3) is 3.93. The average molecular weight is 117 g/mol. The first-order valence-electron chi connectivity index (χ1n) is 2.51. The molecule has 0 saturated heterocycles. The van der Waals surface area contributed by atoms with Gasteiger partial charge in [0.25, 0.3) is 0 Å². The molecule has 42 valence electrons. The van der Waals surface area contributed by atoms with E-state index in [2.05, 4.69) is 19.8 Å². The van der Waals surface area contributed by atoms with E-state index in [0.29, 0.717) is 10.9 Å². The topological polar surface area (TPSA) is 0 Å². The van der Waals surface area contributed by atoms with Crippen LogP contribution in [0.5, 0.6) is 0 Å². The minimum atomic E-state index is 0.605. The Hall–Kier alpha value is 0.0900. The zero-order chi connectivity index (χ0) is 5.70. The Kier molecular flexibility index (Phi) is 4.31. The van der Waals surface area contributed by atoms with E-state index in [9.17, 15) is 0 Å². The molecule has 0 heterocycles. The molecule has 1 unspecified atom stereocenters. The smallest absolute Gasteiger partial charge is 0.0985 e. The van der Waals surface area contributed by atoms with Gasteiger partial charge >= 0.3 is 0 Å². The van der Waals surface area contributed by atoms with Crippen LogP contribution in [0.4, 0.5) is 0 Å². The van der Waals surface area contributed by atoms with Crippen molar-refractivity contribution in [2.45, 2.75) is 6.92 Å². The zero-order valence-electron chi connectivity index (χ0n) is 5.11. The molecule has 0 spiro atoms. The zero-order valence-corrected chi connectivity index (χ0v) is 5.92. The van der Waals surface area contributed by atoms with E-state index in [1.165, 1.54) is 11.5 Å². The molecule has 0 aliphatic carbocycles. The maximum absolute atomic E-state index is 3.66. The molecule has 0 rings (SSSR count). The number of hydrogen-bond donors (Lipinski definition) is 0. The first-order valence-corrected chi connectivity index (χ1v) is 4.48. The summed E-state index contributed by atoms with van der Waals surface area (Å²) in [5, 5.41) is 0. The average Bonchev–Trinajstić information content (AvgIpc) is 1.68. The second-order valence-electron chi connectivity index (χ2n) is 1.53. The van der Waals surface area contributed by atoms with E-state index in [4.69, 9.17) is 0 Å². The van der Waals surface area contributed by atoms with Crippen LogP contribution in [0.15, 0.2) is 12.7 Å². The van der Waals surface area contributed by atoms with Crippen molar-refractivity contribution in [3.05, 3.63) is 12.7 Å². The highest BCUT2D eigenvalue weighted by atomic mass is 32.2. The van der Waals surface area contributed by atoms with E-state index >= 15 is 0 Å². The summed E-state index contributed by atoms with van der Waals surface area (Å²) in [6, 6.07) is 0. The van der Waals surface area contributed by atoms with Gasteiger partial charge in [0.05, 0.1) is 6.26 Å². The van der Waals surface area contributed by atoms with Crippen molar-refractivity contribution in [3.8, 4) is 0 Å². The summed E-state index contributed by atoms with van der Waals surface area (Å²) in [7, 11) is 0.605. The summed E-state index contributed by atoms with van der Waals surface area (Å²) in [4.78, 5) is 0. The molecular weight excluding hydrogens is 104 g/mol. The highest BCUT2D eigenvalue weighted by Gasteiger charge is 2.00. The minimum Gasteiger partial charge on any atom is -0.0985 e. The van der Waals surface area contributed by atoms with Crippen LogP contribution < -0.4 is 0 Å². The van der Waals surface area contributed by atoms with Gasteiger partial charge in [-0.3, -0.25) is 0 Å². The van der Waals surface area contributed by atoms with E-state index in [0.717, 1.165) is 0 Å². The van der Waals surface area contributed by atoms with Crippen molar-refractivity contribution in [1.29, 1.82) is 0 Å². The second kappa shape index (κ2) is 4.25. The molecule has 0 bridgehead atoms. The summed E-state index contributed by atoms with van der Waals surface area (Å²) in [5.74, 6) is 2.49. The standard InChI is InChI=1S/C6H13S/c1-4-6-7(3)5-2/h4H,1,5-6H2,2-3H3/q+1. The molecule has 0 fully saturated rings. The van der Waals surface area contributed by atoms with Gasteiger partial charge in [-0.2, -0.15) is 0 Å². The molecule has 7 heavy (non-hydrogen) atoms. The molecule has 0 amide bonds. The van der Waals surface area contributed by atoms with E-state index in [1.54, 1.807) is 0 Å². The summed E-state index contributed by atoms with van der Waals surface area (Å²) in [6.07, 6.45) is 4.26. The lowest BCUT2D eigenvalue weighted by molar-refractivity contribution is 1.49. The van der Waals surface area contributed by atoms with Crippen LogP contribution in [0, 0.1) is 0 Å². The van der Waals surface area contributed by atoms with Gasteiger partial charge in [-0.15, -0.1) is 0 Å². The van der Waals surface area contributed by atoms with Gasteiger partial charge in [0.15, 0.2) is 0 Å². The normalized spacial score (nSPS) is 13.4. The Bertz CT molecular complexity index is 50.1. The van der Waals surface area contributed by atoms with Crippen LogP contribution in [0.1, 0.15) is 6.92 Å². The Morgan fingerprint density at radius 3 is 2.43 bits per heavy atom. The van der Waals surface area contributed by atoms with Gasteiger partial charge in [-0.05, 0) is 23.9 Å². The molecule has 0 aliphatic rings. The van der Waals surface area contributed by atoms with Crippen molar-refractivity contribution >= 4 is 10.9 Å². The van der Waals surface area contributed by atoms with Crippen molar-refractivity contribution in [3.63, 3.8) is 0 Å². The molecule has 0 N–H and O–H groups in total. The second-order valence-corrected chi connectivity index (χ2v) is 4.00. The molecule has 0 saturated carbocycles. The third-order valence-electron chi connectivity index (χ3n) is 0.895. The lowest BCUT2D eigenvalue weighted by Crippen LogP contribution is -2.03. The predicted octanol–water partition coefficient (Wildman–Crippen LogP) is 1.44. The summed E-state index contributed by atoms with van der Waals surface area (Å²) in [6.45, 7) is 5.87. The van der Waals surface area contributed by atoms with Gasteiger partial charge in [-0.1, -0.05) is 6.58 Å². The van der Waals surface area contributed by atoms with Crippen molar-refractivity contribution in [2.24, 2.45) is 0 Å². The van der Waals surface area contributed by atoms with Crippen molar-refractivity contribution in [2.75, 3.05) is 17.8 Å². The molecule has 1 atom stereocenters. The highest BCUT2D eigenvalue weighted by molar-refractivity contribution is 7.96. The van der Waals surface area contributed by atoms with E-state index in [-0.39, 0.29) is 0 Å². The molecule has 0 aromatic rings. The van der Waals surface area contributed by atoms with Crippen LogP contribution in [-0.2, 0) is 10.9 Å². The first-order chi connectivity index (χ1) is 3.31. The predicted molar refractivity (Wildman–Crippen MR) is 38.9 cm³/mol. The minimum absolute atomic E-state index is 0.605. The van der Waals surface area contributed by atoms with Gasteiger partial charge < -0.3 is 0 Å². The molecule has 0 aromatic carbocycles. The summed E-state index contributed by atoms with van der Waals surface area (Å²) in [5.41, 5.74) is 0. The lowest BCUT2D eigenvalue weighted by atomic mass is 10.8. The van der Waals surface area contributed by atoms with E-state index < -0.39 is 0 Å². The third-order valence-corrected chi connectivity index (χ3v) is 2.69.